The summed E-state index contributed by atoms with van der Waals surface area (Å²) >= 11 is 1.79. The molecule has 1 atom stereocenters. The predicted octanol–water partition coefficient (Wildman–Crippen LogP) is 4.54. The highest BCUT2D eigenvalue weighted by Gasteiger charge is 2.31. The first-order valence-electron chi connectivity index (χ1n) is 7.53. The fraction of sp³-hybridized carbons (Fsp3) is 0.278. The van der Waals surface area contributed by atoms with Crippen molar-refractivity contribution in [3.63, 3.8) is 0 Å². The molecule has 2 nitrogen and oxygen atoms in total. The molecule has 1 fully saturated rings. The van der Waals surface area contributed by atoms with Gasteiger partial charge in [0.1, 0.15) is 5.01 Å². The molecule has 1 N–H and O–H groups in total. The summed E-state index contributed by atoms with van der Waals surface area (Å²) in [5.41, 5.74) is 2.52. The number of fused-ring (bicyclic) bond motifs is 1. The number of para-hydroxylation sites is 1. The van der Waals surface area contributed by atoms with E-state index in [4.69, 9.17) is 4.98 Å². The van der Waals surface area contributed by atoms with Crippen molar-refractivity contribution >= 4 is 21.6 Å². The van der Waals surface area contributed by atoms with Gasteiger partial charge in [-0.3, -0.25) is 0 Å². The molecule has 1 heterocycles. The first-order chi connectivity index (χ1) is 10.4. The van der Waals surface area contributed by atoms with Crippen LogP contribution in [0.3, 0.4) is 0 Å². The van der Waals surface area contributed by atoms with Crippen LogP contribution in [0.1, 0.15) is 29.5 Å². The van der Waals surface area contributed by atoms with E-state index in [2.05, 4.69) is 59.9 Å². The first-order valence-corrected chi connectivity index (χ1v) is 8.34. The van der Waals surface area contributed by atoms with Gasteiger partial charge >= 0.3 is 0 Å². The molecule has 1 aliphatic carbocycles. The van der Waals surface area contributed by atoms with E-state index in [-0.39, 0.29) is 0 Å². The van der Waals surface area contributed by atoms with Gasteiger partial charge in [-0.05, 0) is 36.5 Å². The lowest BCUT2D eigenvalue weighted by Gasteiger charge is -2.18. The molecule has 1 aromatic heterocycles. The van der Waals surface area contributed by atoms with Gasteiger partial charge in [-0.1, -0.05) is 42.5 Å². The Bertz CT molecular complexity index is 698. The van der Waals surface area contributed by atoms with Gasteiger partial charge in [0.15, 0.2) is 0 Å². The molecule has 1 aliphatic rings. The molecule has 0 radical (unpaired) electrons. The molecule has 0 saturated heterocycles. The second kappa shape index (κ2) is 5.58. The molecule has 2 aromatic carbocycles. The smallest absolute Gasteiger partial charge is 0.108 e. The van der Waals surface area contributed by atoms with Crippen LogP contribution in [0.2, 0.25) is 0 Å². The van der Waals surface area contributed by atoms with Crippen LogP contribution in [0.15, 0.2) is 54.6 Å². The van der Waals surface area contributed by atoms with Crippen LogP contribution in [0.25, 0.3) is 10.2 Å². The Morgan fingerprint density at radius 1 is 1.05 bits per heavy atom. The lowest BCUT2D eigenvalue weighted by Crippen LogP contribution is -2.22. The Balaban J connectivity index is 1.51. The van der Waals surface area contributed by atoms with Crippen LogP contribution in [0, 0.1) is 5.92 Å². The number of nitrogens with one attached hydrogen (secondary N) is 1. The van der Waals surface area contributed by atoms with Crippen LogP contribution >= 0.6 is 11.3 Å². The highest BCUT2D eigenvalue weighted by Crippen LogP contribution is 2.41. The van der Waals surface area contributed by atoms with Crippen LogP contribution < -0.4 is 5.32 Å². The van der Waals surface area contributed by atoms with E-state index in [1.54, 1.807) is 11.3 Å². The minimum atomic E-state index is 0.471. The second-order valence-corrected chi connectivity index (χ2v) is 6.80. The summed E-state index contributed by atoms with van der Waals surface area (Å²) in [4.78, 5) is 4.71. The fourth-order valence-corrected chi connectivity index (χ4v) is 3.76. The van der Waals surface area contributed by atoms with Crippen molar-refractivity contribution < 1.29 is 0 Å². The van der Waals surface area contributed by atoms with Gasteiger partial charge in [-0.2, -0.15) is 0 Å². The maximum Gasteiger partial charge on any atom is 0.108 e. The number of nitrogens with zero attached hydrogens (tertiary/aromatic N) is 1. The van der Waals surface area contributed by atoms with Crippen LogP contribution in [-0.2, 0) is 6.54 Å². The Morgan fingerprint density at radius 2 is 1.81 bits per heavy atom. The van der Waals surface area contributed by atoms with Crippen molar-refractivity contribution in [2.24, 2.45) is 5.92 Å². The standard InChI is InChI=1S/C18H18N2S/c1-2-6-13(7-3-1)18(14-10-11-14)19-12-17-20-15-8-4-5-9-16(15)21-17/h1-9,14,18-19H,10-12H2. The molecule has 4 rings (SSSR count). The number of hydrogen-bond acceptors (Lipinski definition) is 3. The maximum absolute atomic E-state index is 4.71. The van der Waals surface area contributed by atoms with Crippen LogP contribution in [0.4, 0.5) is 0 Å². The first kappa shape index (κ1) is 13.0. The van der Waals surface area contributed by atoms with Crippen molar-refractivity contribution in [1.29, 1.82) is 0 Å². The van der Waals surface area contributed by atoms with Crippen molar-refractivity contribution in [1.82, 2.24) is 10.3 Å². The summed E-state index contributed by atoms with van der Waals surface area (Å²) in [6.07, 6.45) is 2.68. The Labute approximate surface area is 128 Å². The Hall–Kier alpha value is -1.71. The molecule has 0 bridgehead atoms. The molecule has 3 aromatic rings. The van der Waals surface area contributed by atoms with Crippen LogP contribution in [0.5, 0.6) is 0 Å². The molecule has 3 heteroatoms. The quantitative estimate of drug-likeness (QED) is 0.747. The highest BCUT2D eigenvalue weighted by atomic mass is 32.1. The third-order valence-electron chi connectivity index (χ3n) is 4.06. The molecular formula is C18H18N2S. The number of rotatable bonds is 5. The summed E-state index contributed by atoms with van der Waals surface area (Å²) in [5.74, 6) is 0.793. The van der Waals surface area contributed by atoms with Crippen molar-refractivity contribution in [2.75, 3.05) is 0 Å². The SMILES string of the molecule is c1ccc(C(NCc2nc3ccccc3s2)C2CC2)cc1. The number of thiazole rings is 1. The molecule has 1 saturated carbocycles. The summed E-state index contributed by atoms with van der Waals surface area (Å²) in [7, 11) is 0. The molecule has 0 amide bonds. The van der Waals surface area contributed by atoms with Crippen molar-refractivity contribution in [3.8, 4) is 0 Å². The topological polar surface area (TPSA) is 24.9 Å². The van der Waals surface area contributed by atoms with Gasteiger partial charge < -0.3 is 5.32 Å². The fourth-order valence-electron chi connectivity index (χ4n) is 2.84. The molecule has 21 heavy (non-hydrogen) atoms. The summed E-state index contributed by atoms with van der Waals surface area (Å²) in [5, 5.41) is 4.90. The average Bonchev–Trinajstić information content (AvgIpc) is 3.27. The third-order valence-corrected chi connectivity index (χ3v) is 5.10. The molecule has 0 aliphatic heterocycles. The van der Waals surface area contributed by atoms with Crippen molar-refractivity contribution in [2.45, 2.75) is 25.4 Å². The third kappa shape index (κ3) is 2.85. The number of hydrogen-bond donors (Lipinski definition) is 1. The summed E-state index contributed by atoms with van der Waals surface area (Å²) in [6.45, 7) is 0.857. The van der Waals surface area contributed by atoms with E-state index < -0.39 is 0 Å². The summed E-state index contributed by atoms with van der Waals surface area (Å²) < 4.78 is 1.27. The normalized spacial score (nSPS) is 16.2. The lowest BCUT2D eigenvalue weighted by atomic mass is 10.0. The Kier molecular flexibility index (Phi) is 3.45. The number of aromatic nitrogens is 1. The lowest BCUT2D eigenvalue weighted by molar-refractivity contribution is 0.480. The van der Waals surface area contributed by atoms with Crippen LogP contribution in [-0.4, -0.2) is 4.98 Å². The predicted molar refractivity (Wildman–Crippen MR) is 88.4 cm³/mol. The van der Waals surface area contributed by atoms with E-state index in [0.29, 0.717) is 6.04 Å². The van der Waals surface area contributed by atoms with Crippen molar-refractivity contribution in [3.05, 3.63) is 65.2 Å². The highest BCUT2D eigenvalue weighted by molar-refractivity contribution is 7.18. The van der Waals surface area contributed by atoms with E-state index in [1.165, 1.54) is 28.1 Å². The zero-order chi connectivity index (χ0) is 14.1. The zero-order valence-electron chi connectivity index (χ0n) is 11.8. The summed E-state index contributed by atoms with van der Waals surface area (Å²) in [6, 6.07) is 19.6. The molecule has 1 unspecified atom stereocenters. The largest absolute Gasteiger partial charge is 0.303 e. The molecule has 0 spiro atoms. The van der Waals surface area contributed by atoms with E-state index in [9.17, 15) is 0 Å². The van der Waals surface area contributed by atoms with Gasteiger partial charge in [0.2, 0.25) is 0 Å². The zero-order valence-corrected chi connectivity index (χ0v) is 12.6. The van der Waals surface area contributed by atoms with Gasteiger partial charge in [0.05, 0.1) is 10.2 Å². The van der Waals surface area contributed by atoms with E-state index in [1.807, 2.05) is 0 Å². The monoisotopic (exact) mass is 294 g/mol. The minimum absolute atomic E-state index is 0.471. The molecule has 106 valence electrons. The van der Waals surface area contributed by atoms with E-state index in [0.717, 1.165) is 18.0 Å². The Morgan fingerprint density at radius 3 is 2.57 bits per heavy atom. The maximum atomic E-state index is 4.71. The number of benzene rings is 2. The average molecular weight is 294 g/mol. The van der Waals surface area contributed by atoms with E-state index >= 15 is 0 Å². The molecular weight excluding hydrogens is 276 g/mol. The van der Waals surface area contributed by atoms with Gasteiger partial charge in [-0.15, -0.1) is 11.3 Å². The second-order valence-electron chi connectivity index (χ2n) is 5.68. The minimum Gasteiger partial charge on any atom is -0.303 e. The van der Waals surface area contributed by atoms with Gasteiger partial charge in [-0.25, -0.2) is 4.98 Å². The van der Waals surface area contributed by atoms with Gasteiger partial charge in [0.25, 0.3) is 0 Å². The van der Waals surface area contributed by atoms with Gasteiger partial charge in [0, 0.05) is 12.6 Å².